The van der Waals surface area contributed by atoms with Crippen LogP contribution in [0, 0.1) is 17.3 Å². The van der Waals surface area contributed by atoms with Gasteiger partial charge in [0.25, 0.3) is 0 Å². The lowest BCUT2D eigenvalue weighted by Crippen LogP contribution is -2.38. The van der Waals surface area contributed by atoms with Crippen molar-refractivity contribution in [1.29, 1.82) is 0 Å². The molecular weight excluding hydrogens is 432 g/mol. The molecule has 7 heteroatoms. The third kappa shape index (κ3) is 3.37. The van der Waals surface area contributed by atoms with Crippen molar-refractivity contribution in [2.75, 3.05) is 19.7 Å². The number of carbonyl (C=O) groups excluding carboxylic acids is 2. The number of rotatable bonds is 5. The Morgan fingerprint density at radius 1 is 1.03 bits per heavy atom. The minimum atomic E-state index is -0.783. The molecule has 0 radical (unpaired) electrons. The second kappa shape index (κ2) is 7.86. The molecule has 0 spiro atoms. The smallest absolute Gasteiger partial charge is 0.407 e. The Balaban J connectivity index is 1.03. The zero-order chi connectivity index (χ0) is 23.4. The molecule has 1 saturated heterocycles. The summed E-state index contributed by atoms with van der Waals surface area (Å²) in [5, 5.41) is 12.4. The van der Waals surface area contributed by atoms with Crippen molar-refractivity contribution in [2.45, 2.75) is 37.6 Å². The monoisotopic (exact) mass is 460 g/mol. The van der Waals surface area contributed by atoms with Crippen LogP contribution < -0.4 is 5.32 Å². The number of hydrogen-bond acceptors (Lipinski definition) is 4. The molecule has 34 heavy (non-hydrogen) atoms. The van der Waals surface area contributed by atoms with Crippen LogP contribution in [-0.4, -0.2) is 53.7 Å². The molecular formula is C27H28N2O5. The molecule has 2 amide bonds. The number of carbonyl (C=O) groups is 3. The van der Waals surface area contributed by atoms with Crippen molar-refractivity contribution >= 4 is 18.0 Å². The van der Waals surface area contributed by atoms with Crippen molar-refractivity contribution in [3.05, 3.63) is 59.7 Å². The molecule has 0 aromatic heterocycles. The van der Waals surface area contributed by atoms with Gasteiger partial charge in [0.15, 0.2) is 0 Å². The molecule has 7 nitrogen and oxygen atoms in total. The van der Waals surface area contributed by atoms with E-state index < -0.39 is 17.5 Å². The van der Waals surface area contributed by atoms with E-state index in [0.29, 0.717) is 32.4 Å². The number of nitrogens with one attached hydrogen (secondary N) is 1. The molecule has 4 aliphatic rings. The highest BCUT2D eigenvalue weighted by Gasteiger charge is 2.66. The van der Waals surface area contributed by atoms with Crippen LogP contribution in [0.5, 0.6) is 0 Å². The van der Waals surface area contributed by atoms with E-state index in [4.69, 9.17) is 4.74 Å². The van der Waals surface area contributed by atoms with Gasteiger partial charge in [0.1, 0.15) is 6.61 Å². The Morgan fingerprint density at radius 3 is 2.35 bits per heavy atom. The number of benzene rings is 2. The van der Waals surface area contributed by atoms with Crippen LogP contribution in [0.2, 0.25) is 0 Å². The molecule has 2 N–H and O–H groups in total. The van der Waals surface area contributed by atoms with Gasteiger partial charge in [-0.3, -0.25) is 9.59 Å². The SMILES string of the molecule is O=C(NC1CCC(C(=O)N2CC3CC3(C(=O)O)C2)C1)OCC1c2ccccc2-c2ccccc21. The fourth-order valence-electron chi connectivity index (χ4n) is 6.38. The molecule has 176 valence electrons. The Labute approximate surface area is 198 Å². The Morgan fingerprint density at radius 2 is 1.71 bits per heavy atom. The normalized spacial score (nSPS) is 28.7. The van der Waals surface area contributed by atoms with Gasteiger partial charge in [0.2, 0.25) is 5.91 Å². The second-order valence-corrected chi connectivity index (χ2v) is 10.3. The second-order valence-electron chi connectivity index (χ2n) is 10.3. The summed E-state index contributed by atoms with van der Waals surface area (Å²) in [5.74, 6) is -0.801. The summed E-state index contributed by atoms with van der Waals surface area (Å²) < 4.78 is 5.65. The molecule has 3 fully saturated rings. The minimum absolute atomic E-state index is 0.0132. The molecule has 2 aromatic carbocycles. The molecule has 4 unspecified atom stereocenters. The highest BCUT2D eigenvalue weighted by molar-refractivity contribution is 5.85. The number of carboxylic acids is 1. The number of amides is 2. The fourth-order valence-corrected chi connectivity index (χ4v) is 6.38. The lowest BCUT2D eigenvalue weighted by atomic mass is 9.98. The fraction of sp³-hybridized carbons (Fsp3) is 0.444. The van der Waals surface area contributed by atoms with Crippen molar-refractivity contribution in [3.63, 3.8) is 0 Å². The summed E-state index contributed by atoms with van der Waals surface area (Å²) in [6.45, 7) is 1.14. The zero-order valence-corrected chi connectivity index (χ0v) is 18.9. The summed E-state index contributed by atoms with van der Waals surface area (Å²) >= 11 is 0. The van der Waals surface area contributed by atoms with E-state index in [2.05, 4.69) is 29.6 Å². The maximum Gasteiger partial charge on any atom is 0.407 e. The quantitative estimate of drug-likeness (QED) is 0.711. The van der Waals surface area contributed by atoms with Gasteiger partial charge in [-0.2, -0.15) is 0 Å². The summed E-state index contributed by atoms with van der Waals surface area (Å²) in [6, 6.07) is 16.3. The zero-order valence-electron chi connectivity index (χ0n) is 18.9. The number of aliphatic carboxylic acids is 1. The number of likely N-dealkylation sites (tertiary alicyclic amines) is 1. The third-order valence-corrected chi connectivity index (χ3v) is 8.33. The van der Waals surface area contributed by atoms with Gasteiger partial charge in [-0.15, -0.1) is 0 Å². The summed E-state index contributed by atoms with van der Waals surface area (Å²) in [6.07, 6.45) is 2.23. The highest BCUT2D eigenvalue weighted by Crippen LogP contribution is 2.58. The van der Waals surface area contributed by atoms with E-state index in [1.807, 2.05) is 24.3 Å². The van der Waals surface area contributed by atoms with Crippen LogP contribution >= 0.6 is 0 Å². The number of fused-ring (bicyclic) bond motifs is 4. The minimum Gasteiger partial charge on any atom is -0.481 e. The van der Waals surface area contributed by atoms with Crippen LogP contribution in [0.4, 0.5) is 4.79 Å². The molecule has 6 rings (SSSR count). The summed E-state index contributed by atoms with van der Waals surface area (Å²) in [7, 11) is 0. The van der Waals surface area contributed by atoms with Gasteiger partial charge >= 0.3 is 12.1 Å². The van der Waals surface area contributed by atoms with Crippen LogP contribution in [0.15, 0.2) is 48.5 Å². The van der Waals surface area contributed by atoms with E-state index in [-0.39, 0.29) is 36.3 Å². The van der Waals surface area contributed by atoms with Gasteiger partial charge in [0.05, 0.1) is 5.41 Å². The first-order valence-electron chi connectivity index (χ1n) is 12.1. The molecule has 2 saturated carbocycles. The number of nitrogens with zero attached hydrogens (tertiary/aromatic N) is 1. The lowest BCUT2D eigenvalue weighted by Gasteiger charge is -2.23. The molecule has 3 aliphatic carbocycles. The first-order valence-corrected chi connectivity index (χ1v) is 12.1. The maximum atomic E-state index is 12.9. The predicted molar refractivity (Wildman–Crippen MR) is 124 cm³/mol. The molecule has 0 bridgehead atoms. The standard InChI is InChI=1S/C27H28N2O5/c30-24(29-13-17-12-27(17,15-29)25(31)32)16-9-10-18(11-16)28-26(33)34-14-23-21-7-3-1-5-19(21)20-6-2-4-8-22(20)23/h1-8,16-18,23H,9-15H2,(H,28,33)(H,31,32). The molecule has 1 aliphatic heterocycles. The number of hydrogen-bond donors (Lipinski definition) is 2. The van der Waals surface area contributed by atoms with Crippen LogP contribution in [0.25, 0.3) is 11.1 Å². The summed E-state index contributed by atoms with van der Waals surface area (Å²) in [4.78, 5) is 38.8. The number of alkyl carbamates (subject to hydrolysis) is 1. The average Bonchev–Trinajstić information content (AvgIpc) is 3.16. The molecule has 4 atom stereocenters. The van der Waals surface area contributed by atoms with Crippen LogP contribution in [0.3, 0.4) is 0 Å². The van der Waals surface area contributed by atoms with Gasteiger partial charge in [-0.05, 0) is 53.9 Å². The van der Waals surface area contributed by atoms with E-state index in [1.54, 1.807) is 4.90 Å². The van der Waals surface area contributed by atoms with Crippen molar-refractivity contribution in [3.8, 4) is 11.1 Å². The Hall–Kier alpha value is -3.35. The van der Waals surface area contributed by atoms with E-state index in [9.17, 15) is 19.5 Å². The number of carboxylic acid groups (broad SMARTS) is 1. The van der Waals surface area contributed by atoms with E-state index in [0.717, 1.165) is 6.42 Å². The third-order valence-electron chi connectivity index (χ3n) is 8.33. The predicted octanol–water partition coefficient (Wildman–Crippen LogP) is 3.63. The van der Waals surface area contributed by atoms with Crippen molar-refractivity contribution in [2.24, 2.45) is 17.3 Å². The lowest BCUT2D eigenvalue weighted by molar-refractivity contribution is -0.144. The molecule has 1 heterocycles. The van der Waals surface area contributed by atoms with Gasteiger partial charge in [0, 0.05) is 31.0 Å². The number of piperidine rings is 1. The highest BCUT2D eigenvalue weighted by atomic mass is 16.5. The Bertz CT molecular complexity index is 1130. The maximum absolute atomic E-state index is 12.9. The largest absolute Gasteiger partial charge is 0.481 e. The van der Waals surface area contributed by atoms with E-state index in [1.165, 1.54) is 22.3 Å². The van der Waals surface area contributed by atoms with Gasteiger partial charge < -0.3 is 20.1 Å². The van der Waals surface area contributed by atoms with E-state index >= 15 is 0 Å². The van der Waals surface area contributed by atoms with Crippen molar-refractivity contribution in [1.82, 2.24) is 10.2 Å². The Kier molecular flexibility index (Phi) is 4.90. The molecule has 2 aromatic rings. The topological polar surface area (TPSA) is 95.9 Å². The van der Waals surface area contributed by atoms with Crippen LogP contribution in [0.1, 0.15) is 42.7 Å². The van der Waals surface area contributed by atoms with Gasteiger partial charge in [-0.1, -0.05) is 48.5 Å². The number of ether oxygens (including phenoxy) is 1. The van der Waals surface area contributed by atoms with Gasteiger partial charge in [-0.25, -0.2) is 4.79 Å². The first-order chi connectivity index (χ1) is 16.5. The average molecular weight is 461 g/mol. The first kappa shape index (κ1) is 21.2. The van der Waals surface area contributed by atoms with Crippen LogP contribution in [-0.2, 0) is 14.3 Å². The summed E-state index contributed by atoms with van der Waals surface area (Å²) in [5.41, 5.74) is 4.02. The van der Waals surface area contributed by atoms with Crippen molar-refractivity contribution < 1.29 is 24.2 Å².